The van der Waals surface area contributed by atoms with Crippen LogP contribution in [0.1, 0.15) is 39.2 Å². The van der Waals surface area contributed by atoms with Gasteiger partial charge < -0.3 is 9.47 Å². The maximum Gasteiger partial charge on any atom is 0.258 e. The van der Waals surface area contributed by atoms with E-state index in [0.29, 0.717) is 18.7 Å². The number of aromatic nitrogens is 5. The minimum Gasteiger partial charge on any atom is -0.329 e. The van der Waals surface area contributed by atoms with E-state index in [1.807, 2.05) is 55.3 Å². The second kappa shape index (κ2) is 6.84. The summed E-state index contributed by atoms with van der Waals surface area (Å²) in [5.41, 5.74) is 3.76. The third-order valence-electron chi connectivity index (χ3n) is 5.64. The summed E-state index contributed by atoms with van der Waals surface area (Å²) < 4.78 is 3.94. The van der Waals surface area contributed by atoms with Crippen molar-refractivity contribution in [1.29, 1.82) is 0 Å². The number of hydrogen-bond donors (Lipinski definition) is 0. The number of hydrogen-bond acceptors (Lipinski definition) is 4. The summed E-state index contributed by atoms with van der Waals surface area (Å²) in [5, 5.41) is 13.0. The van der Waals surface area contributed by atoms with E-state index in [9.17, 15) is 4.79 Å². The number of pyridine rings is 1. The molecule has 0 unspecified atom stereocenters. The summed E-state index contributed by atoms with van der Waals surface area (Å²) in [6.07, 6.45) is 4.36. The summed E-state index contributed by atoms with van der Waals surface area (Å²) in [5.74, 6) is 1.70. The number of aryl methyl sites for hydroxylation is 2. The molecule has 0 radical (unpaired) electrons. The van der Waals surface area contributed by atoms with Gasteiger partial charge in [-0.25, -0.2) is 4.52 Å². The van der Waals surface area contributed by atoms with Gasteiger partial charge in [0.15, 0.2) is 5.82 Å². The largest absolute Gasteiger partial charge is 0.329 e. The van der Waals surface area contributed by atoms with E-state index in [1.165, 1.54) is 5.56 Å². The third-order valence-corrected chi connectivity index (χ3v) is 5.64. The highest BCUT2D eigenvalue weighted by molar-refractivity contribution is 6.01. The number of carbonyl (C=O) groups excluding carboxylic acids is 1. The molecule has 4 heterocycles. The van der Waals surface area contributed by atoms with Crippen molar-refractivity contribution >= 4 is 11.4 Å². The lowest BCUT2D eigenvalue weighted by atomic mass is 10.0. The Balaban J connectivity index is 1.50. The van der Waals surface area contributed by atoms with Crippen LogP contribution < -0.4 is 0 Å². The van der Waals surface area contributed by atoms with E-state index in [-0.39, 0.29) is 11.9 Å². The highest BCUT2D eigenvalue weighted by Gasteiger charge is 2.32. The third kappa shape index (κ3) is 2.99. The van der Waals surface area contributed by atoms with Crippen molar-refractivity contribution in [3.8, 4) is 0 Å². The lowest BCUT2D eigenvalue weighted by Crippen LogP contribution is -2.42. The van der Waals surface area contributed by atoms with Crippen LogP contribution in [0.5, 0.6) is 0 Å². The quantitative estimate of drug-likeness (QED) is 0.543. The number of benzene rings is 1. The molecular weight excluding hydrogens is 364 g/mol. The molecule has 1 aliphatic rings. The maximum absolute atomic E-state index is 13.5. The van der Waals surface area contributed by atoms with Gasteiger partial charge in [-0.15, -0.1) is 10.2 Å². The normalized spacial score (nSPS) is 16.2. The van der Waals surface area contributed by atoms with Gasteiger partial charge >= 0.3 is 0 Å². The average molecular weight is 386 g/mol. The molecule has 4 aromatic rings. The molecule has 1 amide bonds. The first-order chi connectivity index (χ1) is 14.1. The number of amides is 1. The molecule has 0 aliphatic carbocycles. The number of nitrogens with zero attached hydrogens (tertiary/aromatic N) is 6. The molecular formula is C22H22N6O. The van der Waals surface area contributed by atoms with Gasteiger partial charge in [-0.3, -0.25) is 4.79 Å². The highest BCUT2D eigenvalue weighted by Crippen LogP contribution is 2.27. The van der Waals surface area contributed by atoms with Gasteiger partial charge in [0, 0.05) is 12.7 Å². The van der Waals surface area contributed by atoms with Crippen LogP contribution in [0.4, 0.5) is 0 Å². The van der Waals surface area contributed by atoms with E-state index in [4.69, 9.17) is 0 Å². The highest BCUT2D eigenvalue weighted by atomic mass is 16.2. The summed E-state index contributed by atoms with van der Waals surface area (Å²) in [6, 6.07) is 14.4. The second-order valence-electron chi connectivity index (χ2n) is 7.61. The smallest absolute Gasteiger partial charge is 0.258 e. The fourth-order valence-electron chi connectivity index (χ4n) is 4.31. The molecule has 3 aromatic heterocycles. The predicted octanol–water partition coefficient (Wildman–Crippen LogP) is 2.98. The van der Waals surface area contributed by atoms with Gasteiger partial charge in [-0.2, -0.15) is 5.10 Å². The van der Waals surface area contributed by atoms with Crippen LogP contribution in [0.25, 0.3) is 5.52 Å². The fraction of sp³-hybridized carbons (Fsp3) is 0.273. The molecule has 7 nitrogen and oxygen atoms in total. The number of fused-ring (bicyclic) bond motifs is 2. The molecule has 1 aliphatic heterocycles. The molecule has 0 bridgehead atoms. The SMILES string of the molecule is Cc1cccn2ncc(C(=O)N3Cc4nnc(C)n4[C@H](Cc4ccccc4)C3)c12. The maximum atomic E-state index is 13.5. The van der Waals surface area contributed by atoms with Crippen molar-refractivity contribution in [3.63, 3.8) is 0 Å². The molecule has 0 saturated heterocycles. The van der Waals surface area contributed by atoms with Crippen LogP contribution in [-0.2, 0) is 13.0 Å². The molecule has 0 spiro atoms. The lowest BCUT2D eigenvalue weighted by molar-refractivity contribution is 0.0674. The van der Waals surface area contributed by atoms with Crippen LogP contribution in [0.2, 0.25) is 0 Å². The topological polar surface area (TPSA) is 68.3 Å². The Kier molecular flexibility index (Phi) is 4.16. The van der Waals surface area contributed by atoms with Gasteiger partial charge in [0.05, 0.1) is 29.9 Å². The molecule has 146 valence electrons. The first-order valence-electron chi connectivity index (χ1n) is 9.78. The Hall–Kier alpha value is -3.48. The first-order valence-corrected chi connectivity index (χ1v) is 9.78. The van der Waals surface area contributed by atoms with Crippen molar-refractivity contribution in [2.45, 2.75) is 32.9 Å². The van der Waals surface area contributed by atoms with Crippen LogP contribution in [0.15, 0.2) is 54.9 Å². The molecule has 0 fully saturated rings. The zero-order valence-corrected chi connectivity index (χ0v) is 16.5. The Labute approximate surface area is 168 Å². The molecule has 7 heteroatoms. The zero-order valence-electron chi connectivity index (χ0n) is 16.5. The van der Waals surface area contributed by atoms with E-state index in [0.717, 1.165) is 29.1 Å². The van der Waals surface area contributed by atoms with E-state index >= 15 is 0 Å². The van der Waals surface area contributed by atoms with Gasteiger partial charge in [-0.05, 0) is 37.5 Å². The van der Waals surface area contributed by atoms with E-state index in [1.54, 1.807) is 10.7 Å². The standard InChI is InChI=1S/C22H22N6O/c1-15-7-6-10-27-21(15)19(12-23-27)22(29)26-13-18(11-17-8-4-3-5-9-17)28-16(2)24-25-20(28)14-26/h3-10,12,18H,11,13-14H2,1-2H3/t18-/m1/s1. The van der Waals surface area contributed by atoms with Crippen molar-refractivity contribution < 1.29 is 4.79 Å². The van der Waals surface area contributed by atoms with Gasteiger partial charge in [0.2, 0.25) is 0 Å². The second-order valence-corrected chi connectivity index (χ2v) is 7.61. The first kappa shape index (κ1) is 17.6. The molecule has 0 N–H and O–H groups in total. The van der Waals surface area contributed by atoms with Crippen LogP contribution in [-0.4, -0.2) is 41.7 Å². The molecule has 0 saturated carbocycles. The van der Waals surface area contributed by atoms with Crippen molar-refractivity contribution in [3.05, 3.63) is 83.2 Å². The minimum absolute atomic E-state index is 0.0146. The van der Waals surface area contributed by atoms with Gasteiger partial charge in [-0.1, -0.05) is 36.4 Å². The summed E-state index contributed by atoms with van der Waals surface area (Å²) in [7, 11) is 0. The Morgan fingerprint density at radius 1 is 1.10 bits per heavy atom. The van der Waals surface area contributed by atoms with Crippen LogP contribution in [0, 0.1) is 13.8 Å². The fourth-order valence-corrected chi connectivity index (χ4v) is 4.31. The minimum atomic E-state index is -0.0146. The van der Waals surface area contributed by atoms with Crippen LogP contribution >= 0.6 is 0 Å². The summed E-state index contributed by atoms with van der Waals surface area (Å²) in [6.45, 7) is 5.04. The number of rotatable bonds is 3. The Morgan fingerprint density at radius 2 is 1.93 bits per heavy atom. The van der Waals surface area contributed by atoms with Gasteiger partial charge in [0.1, 0.15) is 5.82 Å². The molecule has 29 heavy (non-hydrogen) atoms. The van der Waals surface area contributed by atoms with Crippen molar-refractivity contribution in [2.24, 2.45) is 0 Å². The predicted molar refractivity (Wildman–Crippen MR) is 109 cm³/mol. The zero-order chi connectivity index (χ0) is 20.0. The lowest BCUT2D eigenvalue weighted by Gasteiger charge is -2.34. The van der Waals surface area contributed by atoms with Crippen LogP contribution in [0.3, 0.4) is 0 Å². The summed E-state index contributed by atoms with van der Waals surface area (Å²) in [4.78, 5) is 15.3. The number of carbonyl (C=O) groups is 1. The average Bonchev–Trinajstić information content (AvgIpc) is 3.33. The molecule has 1 atom stereocenters. The van der Waals surface area contributed by atoms with E-state index < -0.39 is 0 Å². The molecule has 1 aromatic carbocycles. The van der Waals surface area contributed by atoms with Crippen molar-refractivity contribution in [1.82, 2.24) is 29.3 Å². The van der Waals surface area contributed by atoms with E-state index in [2.05, 4.69) is 32.0 Å². The van der Waals surface area contributed by atoms with Crippen molar-refractivity contribution in [2.75, 3.05) is 6.54 Å². The Bertz CT molecular complexity index is 1190. The molecule has 5 rings (SSSR count). The van der Waals surface area contributed by atoms with Gasteiger partial charge in [0.25, 0.3) is 5.91 Å². The summed E-state index contributed by atoms with van der Waals surface area (Å²) >= 11 is 0. The Morgan fingerprint density at radius 3 is 2.76 bits per heavy atom. The monoisotopic (exact) mass is 386 g/mol.